The second-order valence-corrected chi connectivity index (χ2v) is 8.94. The predicted octanol–water partition coefficient (Wildman–Crippen LogP) is 6.14. The van der Waals surface area contributed by atoms with Crippen LogP contribution in [0.5, 0.6) is 5.75 Å². The van der Waals surface area contributed by atoms with Crippen LogP contribution in [0, 0.1) is 0 Å². The molecule has 0 bridgehead atoms. The Morgan fingerprint density at radius 3 is 2.31 bits per heavy atom. The van der Waals surface area contributed by atoms with Crippen LogP contribution in [0.2, 0.25) is 15.1 Å². The molecule has 2 amide bonds. The number of carbonyl (C=O) groups is 2. The van der Waals surface area contributed by atoms with Gasteiger partial charge in [0.25, 0.3) is 0 Å². The van der Waals surface area contributed by atoms with Crippen molar-refractivity contribution in [2.24, 2.45) is 0 Å². The summed E-state index contributed by atoms with van der Waals surface area (Å²) >= 11 is 18.2. The van der Waals surface area contributed by atoms with E-state index in [2.05, 4.69) is 5.32 Å². The van der Waals surface area contributed by atoms with E-state index in [0.29, 0.717) is 33.8 Å². The topological polar surface area (TPSA) is 58.6 Å². The number of hydrogen-bond donors (Lipinski definition) is 1. The second kappa shape index (κ2) is 12.9. The fraction of sp³-hybridized carbons (Fsp3) is 0.417. The summed E-state index contributed by atoms with van der Waals surface area (Å²) in [4.78, 5) is 27.4. The molecule has 8 heteroatoms. The Labute approximate surface area is 205 Å². The minimum absolute atomic E-state index is 0.0220. The van der Waals surface area contributed by atoms with Crippen molar-refractivity contribution in [2.75, 3.05) is 6.61 Å². The lowest BCUT2D eigenvalue weighted by molar-refractivity contribution is -0.141. The number of halogens is 3. The largest absolute Gasteiger partial charge is 0.494 e. The third-order valence-corrected chi connectivity index (χ3v) is 5.98. The summed E-state index contributed by atoms with van der Waals surface area (Å²) < 4.78 is 5.67. The Morgan fingerprint density at radius 2 is 1.69 bits per heavy atom. The van der Waals surface area contributed by atoms with E-state index in [1.165, 1.54) is 0 Å². The summed E-state index contributed by atoms with van der Waals surface area (Å²) in [7, 11) is 0. The molecule has 0 aliphatic rings. The Kier molecular flexibility index (Phi) is 10.6. The number of nitrogens with one attached hydrogen (secondary N) is 1. The van der Waals surface area contributed by atoms with Gasteiger partial charge in [-0.05, 0) is 68.7 Å². The zero-order valence-electron chi connectivity index (χ0n) is 18.5. The van der Waals surface area contributed by atoms with Gasteiger partial charge in [0.2, 0.25) is 11.8 Å². The highest BCUT2D eigenvalue weighted by molar-refractivity contribution is 6.35. The molecule has 0 saturated heterocycles. The van der Waals surface area contributed by atoms with Crippen molar-refractivity contribution in [2.45, 2.75) is 58.7 Å². The lowest BCUT2D eigenvalue weighted by atomic mass is 10.1. The van der Waals surface area contributed by atoms with Gasteiger partial charge in [0.15, 0.2) is 0 Å². The molecule has 2 rings (SSSR count). The Balaban J connectivity index is 2.05. The monoisotopic (exact) mass is 498 g/mol. The molecule has 2 aromatic rings. The van der Waals surface area contributed by atoms with Gasteiger partial charge in [-0.15, -0.1) is 0 Å². The van der Waals surface area contributed by atoms with E-state index in [1.54, 1.807) is 54.3 Å². The molecule has 0 aromatic heterocycles. The second-order valence-electron chi connectivity index (χ2n) is 7.66. The summed E-state index contributed by atoms with van der Waals surface area (Å²) in [6.07, 6.45) is 1.54. The quantitative estimate of drug-likeness (QED) is 0.378. The van der Waals surface area contributed by atoms with Crippen LogP contribution in [-0.4, -0.2) is 35.4 Å². The maximum Gasteiger partial charge on any atom is 0.242 e. The molecule has 1 N–H and O–H groups in total. The molecule has 2 aromatic carbocycles. The number of benzene rings is 2. The van der Waals surface area contributed by atoms with E-state index in [9.17, 15) is 9.59 Å². The maximum atomic E-state index is 13.1. The smallest absolute Gasteiger partial charge is 0.242 e. The van der Waals surface area contributed by atoms with Crippen LogP contribution in [0.15, 0.2) is 42.5 Å². The molecular weight excluding hydrogens is 471 g/mol. The van der Waals surface area contributed by atoms with Crippen molar-refractivity contribution in [1.82, 2.24) is 10.2 Å². The number of rotatable bonds is 11. The third kappa shape index (κ3) is 8.19. The van der Waals surface area contributed by atoms with E-state index in [-0.39, 0.29) is 30.8 Å². The van der Waals surface area contributed by atoms with Crippen LogP contribution in [-0.2, 0) is 16.1 Å². The first-order valence-corrected chi connectivity index (χ1v) is 11.8. The number of amides is 2. The van der Waals surface area contributed by atoms with Crippen LogP contribution in [0.4, 0.5) is 0 Å². The molecule has 0 aliphatic heterocycles. The summed E-state index contributed by atoms with van der Waals surface area (Å²) in [5.74, 6) is 0.339. The molecule has 0 unspecified atom stereocenters. The summed E-state index contributed by atoms with van der Waals surface area (Å²) in [6, 6.07) is 11.5. The summed E-state index contributed by atoms with van der Waals surface area (Å²) in [5.41, 5.74) is 0.727. The molecule has 0 radical (unpaired) electrons. The molecule has 0 fully saturated rings. The van der Waals surface area contributed by atoms with E-state index < -0.39 is 6.04 Å². The van der Waals surface area contributed by atoms with E-state index in [4.69, 9.17) is 39.5 Å². The van der Waals surface area contributed by atoms with Crippen molar-refractivity contribution in [3.63, 3.8) is 0 Å². The number of nitrogens with zero attached hydrogens (tertiary/aromatic N) is 1. The minimum Gasteiger partial charge on any atom is -0.494 e. The number of ether oxygens (including phenoxy) is 1. The van der Waals surface area contributed by atoms with Crippen LogP contribution in [0.1, 0.15) is 45.6 Å². The van der Waals surface area contributed by atoms with Crippen LogP contribution in [0.25, 0.3) is 0 Å². The molecule has 2 atom stereocenters. The molecule has 0 aliphatic carbocycles. The molecular formula is C24H29Cl3N2O3. The zero-order valence-corrected chi connectivity index (χ0v) is 20.8. The van der Waals surface area contributed by atoms with Gasteiger partial charge in [-0.25, -0.2) is 0 Å². The lowest BCUT2D eigenvalue weighted by Crippen LogP contribution is -2.49. The number of hydrogen-bond acceptors (Lipinski definition) is 3. The van der Waals surface area contributed by atoms with Crippen molar-refractivity contribution >= 4 is 46.6 Å². The first kappa shape index (κ1) is 26.3. The average molecular weight is 500 g/mol. The van der Waals surface area contributed by atoms with E-state index >= 15 is 0 Å². The Bertz CT molecular complexity index is 906. The summed E-state index contributed by atoms with van der Waals surface area (Å²) in [5, 5.41) is 4.55. The van der Waals surface area contributed by atoms with Gasteiger partial charge >= 0.3 is 0 Å². The van der Waals surface area contributed by atoms with Gasteiger partial charge in [0.1, 0.15) is 11.8 Å². The van der Waals surface area contributed by atoms with Gasteiger partial charge in [-0.3, -0.25) is 9.59 Å². The third-order valence-electron chi connectivity index (χ3n) is 5.14. The highest BCUT2D eigenvalue weighted by Gasteiger charge is 2.27. The van der Waals surface area contributed by atoms with Crippen LogP contribution >= 0.6 is 34.8 Å². The fourth-order valence-corrected chi connectivity index (χ4v) is 3.56. The highest BCUT2D eigenvalue weighted by atomic mass is 35.5. The summed E-state index contributed by atoms with van der Waals surface area (Å²) in [6.45, 7) is 6.23. The van der Waals surface area contributed by atoms with Crippen LogP contribution in [0.3, 0.4) is 0 Å². The molecule has 32 heavy (non-hydrogen) atoms. The zero-order chi connectivity index (χ0) is 23.7. The van der Waals surface area contributed by atoms with E-state index in [0.717, 1.165) is 12.0 Å². The first-order chi connectivity index (χ1) is 15.2. The first-order valence-electron chi connectivity index (χ1n) is 10.6. The number of carbonyl (C=O) groups excluding carboxylic acids is 2. The normalized spacial score (nSPS) is 12.7. The predicted molar refractivity (Wildman–Crippen MR) is 131 cm³/mol. The molecule has 0 saturated carbocycles. The SMILES string of the molecule is CC[C@@H](C)NC(=O)[C@@H](C)N(Cc1ccc(Cl)cc1Cl)C(=O)CCCOc1ccc(Cl)cc1. The van der Waals surface area contributed by atoms with Crippen molar-refractivity contribution in [3.05, 3.63) is 63.1 Å². The Hall–Kier alpha value is -1.95. The molecule has 0 spiro atoms. The molecule has 0 heterocycles. The van der Waals surface area contributed by atoms with Gasteiger partial charge in [0, 0.05) is 34.1 Å². The Morgan fingerprint density at radius 1 is 1.03 bits per heavy atom. The van der Waals surface area contributed by atoms with Crippen molar-refractivity contribution in [1.29, 1.82) is 0 Å². The van der Waals surface area contributed by atoms with Gasteiger partial charge in [0.05, 0.1) is 6.61 Å². The van der Waals surface area contributed by atoms with Gasteiger partial charge < -0.3 is 15.0 Å². The lowest BCUT2D eigenvalue weighted by Gasteiger charge is -2.30. The fourth-order valence-electron chi connectivity index (χ4n) is 2.97. The van der Waals surface area contributed by atoms with Crippen molar-refractivity contribution in [3.8, 4) is 5.75 Å². The standard InChI is InChI=1S/C24H29Cl3N2O3/c1-4-16(2)28-24(31)17(3)29(15-18-7-8-20(26)14-22(18)27)23(30)6-5-13-32-21-11-9-19(25)10-12-21/h7-12,14,16-17H,4-6,13,15H2,1-3H3,(H,28,31)/t16-,17-/m1/s1. The average Bonchev–Trinajstić information content (AvgIpc) is 2.76. The maximum absolute atomic E-state index is 13.1. The minimum atomic E-state index is -0.652. The van der Waals surface area contributed by atoms with Gasteiger partial charge in [-0.1, -0.05) is 47.8 Å². The van der Waals surface area contributed by atoms with Crippen molar-refractivity contribution < 1.29 is 14.3 Å². The molecule has 5 nitrogen and oxygen atoms in total. The van der Waals surface area contributed by atoms with Crippen LogP contribution < -0.4 is 10.1 Å². The van der Waals surface area contributed by atoms with Gasteiger partial charge in [-0.2, -0.15) is 0 Å². The van der Waals surface area contributed by atoms with E-state index in [1.807, 2.05) is 13.8 Å². The molecule has 174 valence electrons. The highest BCUT2D eigenvalue weighted by Crippen LogP contribution is 2.24.